The molecule has 0 radical (unpaired) electrons. The molecule has 0 fully saturated rings. The van der Waals surface area contributed by atoms with E-state index in [2.05, 4.69) is 9.47 Å². The fourth-order valence-corrected chi connectivity index (χ4v) is 2.38. The summed E-state index contributed by atoms with van der Waals surface area (Å²) in [6.45, 7) is 0.747. The molecular formula is C15H15FN2O7. The lowest BCUT2D eigenvalue weighted by Crippen LogP contribution is -2.39. The molecule has 0 saturated carbocycles. The zero-order valence-corrected chi connectivity index (χ0v) is 13.7. The first-order valence-electron chi connectivity index (χ1n) is 7.02. The summed E-state index contributed by atoms with van der Waals surface area (Å²) in [5, 5.41) is 11.3. The standard InChI is InChI=1S/C15H15FN2O7/c1-8-4-5-10(18(21)22)13(11(8)16)17-7-25-6-9(14(19)23-2)12(17)15(20)24-3/h4-5H,6-7H2,1-3H3. The van der Waals surface area contributed by atoms with Gasteiger partial charge in [0.2, 0.25) is 0 Å². The largest absolute Gasteiger partial charge is 0.466 e. The van der Waals surface area contributed by atoms with Gasteiger partial charge in [0.1, 0.15) is 12.4 Å². The normalized spacial score (nSPS) is 14.3. The number of nitrogens with zero attached hydrogens (tertiary/aromatic N) is 2. The molecule has 0 saturated heterocycles. The van der Waals surface area contributed by atoms with E-state index in [4.69, 9.17) is 4.74 Å². The molecule has 1 aliphatic rings. The molecule has 0 aliphatic carbocycles. The Morgan fingerprint density at radius 3 is 2.48 bits per heavy atom. The van der Waals surface area contributed by atoms with Gasteiger partial charge in [0.05, 0.1) is 31.3 Å². The van der Waals surface area contributed by atoms with Crippen LogP contribution in [0.15, 0.2) is 23.4 Å². The highest BCUT2D eigenvalue weighted by Crippen LogP contribution is 2.37. The number of methoxy groups -OCH3 is 2. The van der Waals surface area contributed by atoms with E-state index in [0.29, 0.717) is 0 Å². The molecule has 0 bridgehead atoms. The average Bonchev–Trinajstić information content (AvgIpc) is 2.61. The van der Waals surface area contributed by atoms with Crippen molar-refractivity contribution in [2.45, 2.75) is 6.92 Å². The summed E-state index contributed by atoms with van der Waals surface area (Å²) >= 11 is 0. The summed E-state index contributed by atoms with van der Waals surface area (Å²) in [5.41, 5.74) is -1.55. The van der Waals surface area contributed by atoms with E-state index in [1.807, 2.05) is 0 Å². The maximum atomic E-state index is 14.7. The van der Waals surface area contributed by atoms with Crippen LogP contribution in [-0.2, 0) is 23.8 Å². The van der Waals surface area contributed by atoms with Crippen molar-refractivity contribution in [1.29, 1.82) is 0 Å². The highest BCUT2D eigenvalue weighted by Gasteiger charge is 2.37. The molecule has 10 heteroatoms. The van der Waals surface area contributed by atoms with Crippen LogP contribution in [0, 0.1) is 22.9 Å². The summed E-state index contributed by atoms with van der Waals surface area (Å²) in [5.74, 6) is -2.77. The SMILES string of the molecule is COC(=O)C1=C(C(=O)OC)N(c2c([N+](=O)[O-])ccc(C)c2F)COC1. The number of rotatable bonds is 4. The summed E-state index contributed by atoms with van der Waals surface area (Å²) in [6, 6.07) is 2.35. The molecule has 0 amide bonds. The fourth-order valence-electron chi connectivity index (χ4n) is 2.38. The number of halogens is 1. The van der Waals surface area contributed by atoms with Crippen molar-refractivity contribution in [2.75, 3.05) is 32.5 Å². The van der Waals surface area contributed by atoms with Crippen LogP contribution < -0.4 is 4.90 Å². The number of benzene rings is 1. The van der Waals surface area contributed by atoms with Gasteiger partial charge < -0.3 is 19.1 Å². The number of nitro groups is 1. The molecule has 0 spiro atoms. The van der Waals surface area contributed by atoms with Gasteiger partial charge in [-0.15, -0.1) is 0 Å². The van der Waals surface area contributed by atoms with E-state index in [9.17, 15) is 24.1 Å². The maximum absolute atomic E-state index is 14.7. The zero-order valence-electron chi connectivity index (χ0n) is 13.7. The van der Waals surface area contributed by atoms with Gasteiger partial charge in [-0.2, -0.15) is 0 Å². The van der Waals surface area contributed by atoms with E-state index in [-0.39, 0.29) is 30.2 Å². The minimum absolute atomic E-state index is 0.120. The minimum atomic E-state index is -0.973. The van der Waals surface area contributed by atoms with Crippen molar-refractivity contribution in [3.05, 3.63) is 44.9 Å². The molecule has 134 valence electrons. The number of hydrogen-bond acceptors (Lipinski definition) is 8. The minimum Gasteiger partial charge on any atom is -0.466 e. The Balaban J connectivity index is 2.76. The van der Waals surface area contributed by atoms with E-state index >= 15 is 0 Å². The second-order valence-electron chi connectivity index (χ2n) is 5.04. The lowest BCUT2D eigenvalue weighted by Gasteiger charge is -2.31. The third-order valence-corrected chi connectivity index (χ3v) is 3.59. The molecule has 25 heavy (non-hydrogen) atoms. The van der Waals surface area contributed by atoms with E-state index < -0.39 is 34.1 Å². The molecule has 0 atom stereocenters. The van der Waals surface area contributed by atoms with Crippen molar-refractivity contribution in [2.24, 2.45) is 0 Å². The summed E-state index contributed by atoms with van der Waals surface area (Å²) in [7, 11) is 2.16. The van der Waals surface area contributed by atoms with Gasteiger partial charge in [0.15, 0.2) is 11.5 Å². The summed E-state index contributed by atoms with van der Waals surface area (Å²) < 4.78 is 29.1. The van der Waals surface area contributed by atoms with E-state index in [1.165, 1.54) is 13.0 Å². The van der Waals surface area contributed by atoms with Crippen LogP contribution in [-0.4, -0.2) is 44.4 Å². The number of aryl methyl sites for hydroxylation is 1. The van der Waals surface area contributed by atoms with Crippen molar-refractivity contribution in [3.8, 4) is 0 Å². The highest BCUT2D eigenvalue weighted by molar-refractivity contribution is 6.03. The number of carbonyl (C=O) groups is 2. The molecule has 0 N–H and O–H groups in total. The molecule has 1 aliphatic heterocycles. The van der Waals surface area contributed by atoms with Crippen LogP contribution in [0.3, 0.4) is 0 Å². The number of esters is 2. The third-order valence-electron chi connectivity index (χ3n) is 3.59. The molecule has 9 nitrogen and oxygen atoms in total. The lowest BCUT2D eigenvalue weighted by atomic mass is 10.1. The Hall–Kier alpha value is -3.01. The Bertz CT molecular complexity index is 775. The summed E-state index contributed by atoms with van der Waals surface area (Å²) in [4.78, 5) is 35.5. The third kappa shape index (κ3) is 3.29. The predicted octanol–water partition coefficient (Wildman–Crippen LogP) is 1.44. The fraction of sp³-hybridized carbons (Fsp3) is 0.333. The second-order valence-corrected chi connectivity index (χ2v) is 5.04. The van der Waals surface area contributed by atoms with Crippen molar-refractivity contribution in [3.63, 3.8) is 0 Å². The number of hydrogen-bond donors (Lipinski definition) is 0. The van der Waals surface area contributed by atoms with Crippen LogP contribution in [0.5, 0.6) is 0 Å². The Morgan fingerprint density at radius 2 is 1.92 bits per heavy atom. The van der Waals surface area contributed by atoms with Crippen LogP contribution in [0.4, 0.5) is 15.8 Å². The van der Waals surface area contributed by atoms with Gasteiger partial charge in [-0.05, 0) is 18.6 Å². The van der Waals surface area contributed by atoms with Gasteiger partial charge in [0, 0.05) is 6.07 Å². The van der Waals surface area contributed by atoms with Crippen LogP contribution in [0.2, 0.25) is 0 Å². The molecular weight excluding hydrogens is 339 g/mol. The lowest BCUT2D eigenvalue weighted by molar-refractivity contribution is -0.384. The van der Waals surface area contributed by atoms with Gasteiger partial charge in [0.25, 0.3) is 5.69 Å². The molecule has 0 aromatic heterocycles. The molecule has 2 rings (SSSR count). The van der Waals surface area contributed by atoms with Gasteiger partial charge in [-0.1, -0.05) is 0 Å². The van der Waals surface area contributed by atoms with Crippen molar-refractivity contribution in [1.82, 2.24) is 0 Å². The first-order chi connectivity index (χ1) is 11.8. The molecule has 1 heterocycles. The smallest absolute Gasteiger partial charge is 0.355 e. The topological polar surface area (TPSA) is 108 Å². The van der Waals surface area contributed by atoms with E-state index in [1.54, 1.807) is 0 Å². The number of nitro benzene ring substituents is 1. The number of anilines is 1. The monoisotopic (exact) mass is 354 g/mol. The number of ether oxygens (including phenoxy) is 3. The van der Waals surface area contributed by atoms with Crippen molar-refractivity contribution >= 4 is 23.3 Å². The highest BCUT2D eigenvalue weighted by atomic mass is 19.1. The maximum Gasteiger partial charge on any atom is 0.355 e. The van der Waals surface area contributed by atoms with Gasteiger partial charge in [-0.3, -0.25) is 10.1 Å². The van der Waals surface area contributed by atoms with E-state index in [0.717, 1.165) is 25.2 Å². The average molecular weight is 354 g/mol. The van der Waals surface area contributed by atoms with Gasteiger partial charge >= 0.3 is 11.9 Å². The zero-order chi connectivity index (χ0) is 18.7. The first kappa shape index (κ1) is 18.3. The predicted molar refractivity (Wildman–Crippen MR) is 82.1 cm³/mol. The van der Waals surface area contributed by atoms with Crippen LogP contribution in [0.1, 0.15) is 5.56 Å². The van der Waals surface area contributed by atoms with Crippen LogP contribution in [0.25, 0.3) is 0 Å². The van der Waals surface area contributed by atoms with Crippen molar-refractivity contribution < 1.29 is 33.1 Å². The molecule has 1 aromatic carbocycles. The Kier molecular flexibility index (Phi) is 5.32. The number of carbonyl (C=O) groups excluding carboxylic acids is 2. The Labute approximate surface area is 141 Å². The van der Waals surface area contributed by atoms with Crippen LogP contribution >= 0.6 is 0 Å². The first-order valence-corrected chi connectivity index (χ1v) is 7.02. The molecule has 0 unspecified atom stereocenters. The quantitative estimate of drug-likeness (QED) is 0.454. The second kappa shape index (κ2) is 7.26. The van der Waals surface area contributed by atoms with Gasteiger partial charge in [-0.25, -0.2) is 14.0 Å². The Morgan fingerprint density at radius 1 is 1.28 bits per heavy atom. The molecule has 1 aromatic rings. The summed E-state index contributed by atoms with van der Waals surface area (Å²) in [6.07, 6.45) is 0.